The van der Waals surface area contributed by atoms with Crippen LogP contribution in [0.3, 0.4) is 0 Å². The summed E-state index contributed by atoms with van der Waals surface area (Å²) in [5.41, 5.74) is 4.91. The van der Waals surface area contributed by atoms with Crippen LogP contribution in [0.4, 0.5) is 0 Å². The predicted molar refractivity (Wildman–Crippen MR) is 64.5 cm³/mol. The van der Waals surface area contributed by atoms with E-state index in [1.807, 2.05) is 23.7 Å². The average Bonchev–Trinajstić information content (AvgIpc) is 2.72. The third kappa shape index (κ3) is 2.07. The molecule has 0 aromatic carbocycles. The van der Waals surface area contributed by atoms with E-state index in [-0.39, 0.29) is 6.04 Å². The maximum atomic E-state index is 5.49. The van der Waals surface area contributed by atoms with Gasteiger partial charge in [-0.3, -0.25) is 16.3 Å². The second-order valence-electron chi connectivity index (χ2n) is 3.32. The first-order chi connectivity index (χ1) is 7.35. The number of nitrogens with one attached hydrogen (secondary N) is 1. The van der Waals surface area contributed by atoms with E-state index < -0.39 is 0 Å². The molecule has 0 aliphatic carbocycles. The first kappa shape index (κ1) is 10.3. The minimum absolute atomic E-state index is 0.0986. The lowest BCUT2D eigenvalue weighted by molar-refractivity contribution is 0.561. The van der Waals surface area contributed by atoms with Gasteiger partial charge >= 0.3 is 0 Å². The molecule has 0 saturated heterocycles. The Morgan fingerprint density at radius 2 is 2.53 bits per heavy atom. The molecular weight excluding hydrogens is 206 g/mol. The molecule has 0 radical (unpaired) electrons. The van der Waals surface area contributed by atoms with Gasteiger partial charge in [-0.25, -0.2) is 0 Å². The van der Waals surface area contributed by atoms with E-state index in [0.717, 1.165) is 17.5 Å². The highest BCUT2D eigenvalue weighted by Gasteiger charge is 2.09. The number of thiophene rings is 1. The Morgan fingerprint density at radius 3 is 3.27 bits per heavy atom. The zero-order valence-electron chi connectivity index (χ0n) is 8.31. The van der Waals surface area contributed by atoms with Crippen molar-refractivity contribution in [3.8, 4) is 0 Å². The van der Waals surface area contributed by atoms with E-state index in [4.69, 9.17) is 5.84 Å². The van der Waals surface area contributed by atoms with Crippen molar-refractivity contribution in [1.82, 2.24) is 10.4 Å². The van der Waals surface area contributed by atoms with Crippen LogP contribution in [0.15, 0.2) is 36.4 Å². The van der Waals surface area contributed by atoms with Crippen molar-refractivity contribution in [3.63, 3.8) is 0 Å². The van der Waals surface area contributed by atoms with E-state index in [0.29, 0.717) is 0 Å². The van der Waals surface area contributed by atoms with Crippen LogP contribution in [0.5, 0.6) is 0 Å². The largest absolute Gasteiger partial charge is 0.271 e. The molecule has 15 heavy (non-hydrogen) atoms. The fourth-order valence-corrected chi connectivity index (χ4v) is 2.31. The van der Waals surface area contributed by atoms with Crippen molar-refractivity contribution >= 4 is 21.6 Å². The van der Waals surface area contributed by atoms with Crippen LogP contribution in [0.1, 0.15) is 18.0 Å². The van der Waals surface area contributed by atoms with Crippen LogP contribution in [0.2, 0.25) is 0 Å². The van der Waals surface area contributed by atoms with E-state index in [1.165, 1.54) is 4.70 Å². The van der Waals surface area contributed by atoms with Crippen molar-refractivity contribution in [3.05, 3.63) is 41.9 Å². The summed E-state index contributed by atoms with van der Waals surface area (Å²) in [7, 11) is 0. The van der Waals surface area contributed by atoms with Gasteiger partial charge in [-0.1, -0.05) is 6.08 Å². The van der Waals surface area contributed by atoms with Gasteiger partial charge in [-0.05, 0) is 29.5 Å². The minimum atomic E-state index is 0.0986. The molecule has 3 N–H and O–H groups in total. The minimum Gasteiger partial charge on any atom is -0.271 e. The first-order valence-electron chi connectivity index (χ1n) is 4.75. The SMILES string of the molecule is C=CCC(NN)c1cnc2ccsc2c1. The van der Waals surface area contributed by atoms with Crippen molar-refractivity contribution in [1.29, 1.82) is 0 Å². The summed E-state index contributed by atoms with van der Waals surface area (Å²) in [6.45, 7) is 3.71. The average molecular weight is 219 g/mol. The summed E-state index contributed by atoms with van der Waals surface area (Å²) in [6.07, 6.45) is 4.52. The Balaban J connectivity index is 2.36. The number of rotatable bonds is 4. The Bertz CT molecular complexity index is 464. The summed E-state index contributed by atoms with van der Waals surface area (Å²) in [5, 5.41) is 2.04. The smallest absolute Gasteiger partial charge is 0.0809 e. The van der Waals surface area contributed by atoms with Gasteiger partial charge in [0.1, 0.15) is 0 Å². The number of hydrazine groups is 1. The van der Waals surface area contributed by atoms with Crippen LogP contribution in [-0.4, -0.2) is 4.98 Å². The molecule has 78 valence electrons. The highest BCUT2D eigenvalue weighted by molar-refractivity contribution is 7.17. The van der Waals surface area contributed by atoms with Gasteiger partial charge < -0.3 is 0 Å². The molecule has 2 rings (SSSR count). The van der Waals surface area contributed by atoms with Crippen LogP contribution in [0, 0.1) is 0 Å². The van der Waals surface area contributed by atoms with Crippen LogP contribution >= 0.6 is 11.3 Å². The molecule has 0 bridgehead atoms. The summed E-state index contributed by atoms with van der Waals surface area (Å²) >= 11 is 1.69. The Kier molecular flexibility index (Phi) is 3.11. The number of hydrogen-bond donors (Lipinski definition) is 2. The number of pyridine rings is 1. The number of fused-ring (bicyclic) bond motifs is 1. The molecule has 0 spiro atoms. The second kappa shape index (κ2) is 4.53. The third-order valence-corrected chi connectivity index (χ3v) is 3.18. The fraction of sp³-hybridized carbons (Fsp3) is 0.182. The Labute approximate surface area is 92.6 Å². The number of nitrogens with two attached hydrogens (primary N) is 1. The Morgan fingerprint density at radius 1 is 1.67 bits per heavy atom. The zero-order chi connectivity index (χ0) is 10.7. The lowest BCUT2D eigenvalue weighted by atomic mass is 10.1. The maximum Gasteiger partial charge on any atom is 0.0809 e. The zero-order valence-corrected chi connectivity index (χ0v) is 9.13. The van der Waals surface area contributed by atoms with Crippen LogP contribution < -0.4 is 11.3 Å². The lowest BCUT2D eigenvalue weighted by Crippen LogP contribution is -2.27. The predicted octanol–water partition coefficient (Wildman–Crippen LogP) is 2.38. The van der Waals surface area contributed by atoms with Gasteiger partial charge in [0.2, 0.25) is 0 Å². The van der Waals surface area contributed by atoms with E-state index >= 15 is 0 Å². The molecule has 1 atom stereocenters. The van der Waals surface area contributed by atoms with E-state index in [2.05, 4.69) is 23.1 Å². The van der Waals surface area contributed by atoms with Gasteiger partial charge in [-0.2, -0.15) is 0 Å². The molecule has 0 aliphatic heterocycles. The summed E-state index contributed by atoms with van der Waals surface area (Å²) in [5.74, 6) is 5.49. The summed E-state index contributed by atoms with van der Waals surface area (Å²) < 4.78 is 1.19. The highest BCUT2D eigenvalue weighted by atomic mass is 32.1. The normalized spacial score (nSPS) is 12.9. The number of hydrogen-bond acceptors (Lipinski definition) is 4. The monoisotopic (exact) mass is 219 g/mol. The summed E-state index contributed by atoms with van der Waals surface area (Å²) in [6, 6.07) is 4.24. The van der Waals surface area contributed by atoms with E-state index in [1.54, 1.807) is 11.3 Å². The highest BCUT2D eigenvalue weighted by Crippen LogP contribution is 2.23. The van der Waals surface area contributed by atoms with Gasteiger partial charge in [0.25, 0.3) is 0 Å². The fourth-order valence-electron chi connectivity index (χ4n) is 1.52. The standard InChI is InChI=1S/C11H13N3S/c1-2-3-9(14-12)8-6-11-10(13-7-8)4-5-15-11/h2,4-7,9,14H,1,3,12H2. The molecule has 0 aliphatic rings. The second-order valence-corrected chi connectivity index (χ2v) is 4.26. The van der Waals surface area contributed by atoms with Crippen molar-refractivity contribution in [2.24, 2.45) is 5.84 Å². The summed E-state index contributed by atoms with van der Waals surface area (Å²) in [4.78, 5) is 4.37. The molecule has 2 aromatic rings. The molecule has 0 fully saturated rings. The Hall–Kier alpha value is -1.23. The molecule has 1 unspecified atom stereocenters. The van der Waals surface area contributed by atoms with Crippen LogP contribution in [0.25, 0.3) is 10.2 Å². The van der Waals surface area contributed by atoms with Gasteiger partial charge in [0.15, 0.2) is 0 Å². The molecule has 0 saturated carbocycles. The molecule has 2 aromatic heterocycles. The molecule has 2 heterocycles. The molecule has 0 amide bonds. The van der Waals surface area contributed by atoms with Crippen molar-refractivity contribution in [2.45, 2.75) is 12.5 Å². The molecule has 3 nitrogen and oxygen atoms in total. The third-order valence-electron chi connectivity index (χ3n) is 2.33. The molecular formula is C11H13N3S. The van der Waals surface area contributed by atoms with Gasteiger partial charge in [0.05, 0.1) is 16.3 Å². The van der Waals surface area contributed by atoms with Crippen molar-refractivity contribution < 1.29 is 0 Å². The molecule has 4 heteroatoms. The first-order valence-corrected chi connectivity index (χ1v) is 5.63. The number of nitrogens with zero attached hydrogens (tertiary/aromatic N) is 1. The van der Waals surface area contributed by atoms with E-state index in [9.17, 15) is 0 Å². The van der Waals surface area contributed by atoms with Gasteiger partial charge in [0, 0.05) is 6.20 Å². The van der Waals surface area contributed by atoms with Gasteiger partial charge in [-0.15, -0.1) is 17.9 Å². The number of aromatic nitrogens is 1. The maximum absolute atomic E-state index is 5.49. The van der Waals surface area contributed by atoms with Crippen LogP contribution in [-0.2, 0) is 0 Å². The topological polar surface area (TPSA) is 50.9 Å². The lowest BCUT2D eigenvalue weighted by Gasteiger charge is -2.13. The quantitative estimate of drug-likeness (QED) is 0.471. The van der Waals surface area contributed by atoms with Crippen molar-refractivity contribution in [2.75, 3.05) is 0 Å².